The summed E-state index contributed by atoms with van der Waals surface area (Å²) in [6.45, 7) is 2.06. The molecule has 0 bridgehead atoms. The number of fused-ring (bicyclic) bond motifs is 1. The molecule has 2 aliphatic rings. The van der Waals surface area contributed by atoms with Gasteiger partial charge >= 0.3 is 18.1 Å². The lowest BCUT2D eigenvalue weighted by molar-refractivity contribution is -0.192. The van der Waals surface area contributed by atoms with E-state index in [9.17, 15) is 31.5 Å². The molecule has 10 nitrogen and oxygen atoms in total. The van der Waals surface area contributed by atoms with Gasteiger partial charge in [-0.1, -0.05) is 6.07 Å². The fraction of sp³-hybridized carbons (Fsp3) is 0.409. The second kappa shape index (κ2) is 11.1. The summed E-state index contributed by atoms with van der Waals surface area (Å²) < 4.78 is 65.2. The maximum atomic E-state index is 12.8. The Morgan fingerprint density at radius 1 is 1.03 bits per heavy atom. The molecular weight excluding hydrogens is 507 g/mol. The van der Waals surface area contributed by atoms with Crippen LogP contribution >= 0.6 is 0 Å². The number of aromatic nitrogens is 1. The number of morpholine rings is 1. The highest BCUT2D eigenvalue weighted by molar-refractivity contribution is 7.92. The lowest BCUT2D eigenvalue weighted by Gasteiger charge is -2.28. The minimum Gasteiger partial charge on any atom is -0.478 e. The average Bonchev–Trinajstić information content (AvgIpc) is 2.83. The molecule has 1 aromatic carbocycles. The van der Waals surface area contributed by atoms with Crippen LogP contribution in [0.15, 0.2) is 35.4 Å². The molecule has 2 heterocycles. The molecule has 14 heteroatoms. The Morgan fingerprint density at radius 3 is 2.22 bits per heavy atom. The van der Waals surface area contributed by atoms with Gasteiger partial charge in [-0.15, -0.1) is 0 Å². The molecule has 1 fully saturated rings. The van der Waals surface area contributed by atoms with Crippen molar-refractivity contribution < 1.29 is 46.1 Å². The lowest BCUT2D eigenvalue weighted by atomic mass is 9.92. The number of halogens is 3. The van der Waals surface area contributed by atoms with Crippen LogP contribution in [0, 0.1) is 0 Å². The first-order chi connectivity index (χ1) is 16.9. The van der Waals surface area contributed by atoms with Crippen LogP contribution in [0.25, 0.3) is 0 Å². The number of nitrogens with zero attached hydrogens (tertiary/aromatic N) is 2. The molecule has 2 aromatic rings. The van der Waals surface area contributed by atoms with E-state index in [4.69, 9.17) is 14.6 Å². The molecule has 0 atom stereocenters. The number of nitrogens with one attached hydrogen (secondary N) is 1. The molecule has 0 saturated carbocycles. The van der Waals surface area contributed by atoms with Gasteiger partial charge in [0.25, 0.3) is 10.0 Å². The maximum absolute atomic E-state index is 12.8. The molecule has 0 spiro atoms. The molecule has 0 radical (unpaired) electrons. The fourth-order valence-corrected chi connectivity index (χ4v) is 4.87. The van der Waals surface area contributed by atoms with E-state index in [-0.39, 0.29) is 16.1 Å². The van der Waals surface area contributed by atoms with Crippen LogP contribution in [-0.2, 0) is 32.4 Å². The van der Waals surface area contributed by atoms with Crippen molar-refractivity contribution in [3.05, 3.63) is 47.2 Å². The monoisotopic (exact) mass is 531 g/mol. The Kier molecular flexibility index (Phi) is 8.40. The van der Waals surface area contributed by atoms with Gasteiger partial charge in [-0.3, -0.25) is 4.72 Å². The largest absolute Gasteiger partial charge is 0.490 e. The van der Waals surface area contributed by atoms with Crippen LogP contribution in [0.2, 0.25) is 0 Å². The molecule has 1 saturated heterocycles. The van der Waals surface area contributed by atoms with E-state index in [2.05, 4.69) is 9.71 Å². The standard InChI is InChI=1S/C20H23N3O5S.C2HF3O2/c24-20(25)18-12-16(13-21-19(18)23-7-9-28-10-8-23)22-29(26,27)17-6-5-14-3-1-2-4-15(14)11-17;3-2(4,5)1(6)7/h5-6,11-13,22H,1-4,7-10H2,(H,24,25);(H,6,7). The van der Waals surface area contributed by atoms with E-state index < -0.39 is 28.1 Å². The van der Waals surface area contributed by atoms with E-state index >= 15 is 0 Å². The molecule has 3 N–H and O–H groups in total. The highest BCUT2D eigenvalue weighted by Crippen LogP contribution is 2.27. The number of sulfonamides is 1. The summed E-state index contributed by atoms with van der Waals surface area (Å²) in [7, 11) is -3.84. The normalized spacial score (nSPS) is 15.8. The molecule has 196 valence electrons. The molecule has 4 rings (SSSR count). The number of alkyl halides is 3. The van der Waals surface area contributed by atoms with Crippen molar-refractivity contribution in [3.63, 3.8) is 0 Å². The molecule has 1 aliphatic heterocycles. The van der Waals surface area contributed by atoms with Gasteiger partial charge in [0, 0.05) is 13.1 Å². The van der Waals surface area contributed by atoms with E-state index in [1.165, 1.54) is 17.8 Å². The van der Waals surface area contributed by atoms with Crippen LogP contribution in [0.3, 0.4) is 0 Å². The topological polar surface area (TPSA) is 146 Å². The number of carboxylic acid groups (broad SMARTS) is 2. The molecule has 36 heavy (non-hydrogen) atoms. The Balaban J connectivity index is 0.000000454. The predicted molar refractivity (Wildman–Crippen MR) is 122 cm³/mol. The number of hydrogen-bond acceptors (Lipinski definition) is 7. The summed E-state index contributed by atoms with van der Waals surface area (Å²) >= 11 is 0. The number of carbonyl (C=O) groups is 2. The minimum atomic E-state index is -5.08. The lowest BCUT2D eigenvalue weighted by Crippen LogP contribution is -2.37. The summed E-state index contributed by atoms with van der Waals surface area (Å²) in [5.41, 5.74) is 2.33. The highest BCUT2D eigenvalue weighted by Gasteiger charge is 2.38. The highest BCUT2D eigenvalue weighted by atomic mass is 32.2. The van der Waals surface area contributed by atoms with Crippen molar-refractivity contribution in [1.29, 1.82) is 0 Å². The molecular formula is C22H24F3N3O7S. The first-order valence-electron chi connectivity index (χ1n) is 10.9. The van der Waals surface area contributed by atoms with Crippen molar-refractivity contribution in [3.8, 4) is 0 Å². The van der Waals surface area contributed by atoms with Gasteiger partial charge < -0.3 is 19.8 Å². The van der Waals surface area contributed by atoms with Crippen LogP contribution in [-0.4, -0.2) is 68.0 Å². The van der Waals surface area contributed by atoms with Gasteiger partial charge in [0.05, 0.1) is 30.0 Å². The average molecular weight is 532 g/mol. The fourth-order valence-electron chi connectivity index (χ4n) is 3.79. The number of aromatic carboxylic acids is 1. The van der Waals surface area contributed by atoms with Gasteiger partial charge in [-0.2, -0.15) is 13.2 Å². The third kappa shape index (κ3) is 6.85. The quantitative estimate of drug-likeness (QED) is 0.530. The third-order valence-corrected chi connectivity index (χ3v) is 6.91. The number of anilines is 2. The second-order valence-electron chi connectivity index (χ2n) is 8.05. The van der Waals surface area contributed by atoms with Gasteiger partial charge in [-0.25, -0.2) is 23.0 Å². The van der Waals surface area contributed by atoms with Crippen LogP contribution in [0.1, 0.15) is 34.3 Å². The van der Waals surface area contributed by atoms with E-state index in [0.29, 0.717) is 32.1 Å². The van der Waals surface area contributed by atoms with Gasteiger partial charge in [0.15, 0.2) is 0 Å². The zero-order valence-electron chi connectivity index (χ0n) is 18.9. The molecule has 1 aliphatic carbocycles. The Bertz CT molecular complexity index is 1230. The SMILES string of the molecule is O=C(O)C(F)(F)F.O=C(O)c1cc(NS(=O)(=O)c2ccc3c(c2)CCCC3)cnc1N1CCOCC1. The van der Waals surface area contributed by atoms with E-state index in [1.54, 1.807) is 12.1 Å². The number of aliphatic carboxylic acids is 1. The first kappa shape index (κ1) is 27.2. The van der Waals surface area contributed by atoms with Gasteiger partial charge in [0.1, 0.15) is 11.4 Å². The van der Waals surface area contributed by atoms with Crippen molar-refractivity contribution in [1.82, 2.24) is 4.98 Å². The summed E-state index contributed by atoms with van der Waals surface area (Å²) in [6.07, 6.45) is 0.290. The van der Waals surface area contributed by atoms with Crippen molar-refractivity contribution in [2.45, 2.75) is 36.8 Å². The minimum absolute atomic E-state index is 0.0439. The predicted octanol–water partition coefficient (Wildman–Crippen LogP) is 2.93. The first-order valence-corrected chi connectivity index (χ1v) is 12.4. The molecule has 1 aromatic heterocycles. The Labute approximate surface area is 204 Å². The van der Waals surface area contributed by atoms with E-state index in [0.717, 1.165) is 31.2 Å². The summed E-state index contributed by atoms with van der Waals surface area (Å²) in [4.78, 5) is 26.9. The summed E-state index contributed by atoms with van der Waals surface area (Å²) in [6, 6.07) is 6.49. The number of hydrogen-bond donors (Lipinski definition) is 3. The number of carboxylic acids is 2. The smallest absolute Gasteiger partial charge is 0.478 e. The van der Waals surface area contributed by atoms with Crippen molar-refractivity contribution >= 4 is 33.5 Å². The number of aryl methyl sites for hydroxylation is 2. The van der Waals surface area contributed by atoms with Crippen LogP contribution in [0.5, 0.6) is 0 Å². The summed E-state index contributed by atoms with van der Waals surface area (Å²) in [5, 5.41) is 16.7. The number of pyridine rings is 1. The number of rotatable bonds is 5. The third-order valence-electron chi connectivity index (χ3n) is 5.53. The number of benzene rings is 1. The second-order valence-corrected chi connectivity index (χ2v) is 9.73. The molecule has 0 unspecified atom stereocenters. The molecule has 0 amide bonds. The maximum Gasteiger partial charge on any atom is 0.490 e. The van der Waals surface area contributed by atoms with Crippen molar-refractivity contribution in [2.24, 2.45) is 0 Å². The van der Waals surface area contributed by atoms with Gasteiger partial charge in [0.2, 0.25) is 0 Å². The zero-order valence-corrected chi connectivity index (χ0v) is 19.7. The van der Waals surface area contributed by atoms with Crippen LogP contribution in [0.4, 0.5) is 24.7 Å². The van der Waals surface area contributed by atoms with E-state index in [1.807, 2.05) is 11.0 Å². The van der Waals surface area contributed by atoms with Crippen LogP contribution < -0.4 is 9.62 Å². The van der Waals surface area contributed by atoms with Gasteiger partial charge in [-0.05, 0) is 55.0 Å². The van der Waals surface area contributed by atoms with Crippen molar-refractivity contribution in [2.75, 3.05) is 35.9 Å². The Hall–Kier alpha value is -3.39. The zero-order chi connectivity index (χ0) is 26.5. The summed E-state index contributed by atoms with van der Waals surface area (Å²) in [5.74, 6) is -3.60. The Morgan fingerprint density at radius 2 is 1.64 bits per heavy atom. The number of ether oxygens (including phenoxy) is 1.